The van der Waals surface area contributed by atoms with Crippen molar-refractivity contribution in [2.75, 3.05) is 0 Å². The number of aryl methyl sites for hydroxylation is 2. The van der Waals surface area contributed by atoms with E-state index in [1.54, 1.807) is 0 Å². The van der Waals surface area contributed by atoms with Crippen LogP contribution in [0.1, 0.15) is 54.1 Å². The van der Waals surface area contributed by atoms with Gasteiger partial charge in [0.05, 0.1) is 0 Å². The van der Waals surface area contributed by atoms with Gasteiger partial charge in [0.15, 0.2) is 0 Å². The van der Waals surface area contributed by atoms with Crippen molar-refractivity contribution in [1.29, 1.82) is 0 Å². The van der Waals surface area contributed by atoms with Crippen molar-refractivity contribution >= 4 is 5.91 Å². The van der Waals surface area contributed by atoms with Crippen LogP contribution in [0.3, 0.4) is 0 Å². The zero-order valence-corrected chi connectivity index (χ0v) is 11.6. The smallest absolute Gasteiger partial charge is 0.251 e. The maximum atomic E-state index is 12.2. The minimum Gasteiger partial charge on any atom is -0.349 e. The molecule has 1 fully saturated rings. The van der Waals surface area contributed by atoms with Gasteiger partial charge >= 0.3 is 0 Å². The third kappa shape index (κ3) is 2.92. The molecule has 0 spiro atoms. The Morgan fingerprint density at radius 2 is 1.89 bits per heavy atom. The molecular weight excluding hydrogens is 222 g/mol. The molecular formula is C16H23NO. The third-order valence-corrected chi connectivity index (χ3v) is 4.20. The van der Waals surface area contributed by atoms with E-state index >= 15 is 0 Å². The number of hydrogen-bond acceptors (Lipinski definition) is 1. The van der Waals surface area contributed by atoms with Crippen molar-refractivity contribution in [1.82, 2.24) is 5.32 Å². The van der Waals surface area contributed by atoms with Crippen LogP contribution in [0.2, 0.25) is 0 Å². The maximum absolute atomic E-state index is 12.2. The van der Waals surface area contributed by atoms with Gasteiger partial charge in [-0.3, -0.25) is 4.79 Å². The molecule has 1 aromatic carbocycles. The van der Waals surface area contributed by atoms with Crippen molar-refractivity contribution < 1.29 is 4.79 Å². The Morgan fingerprint density at radius 3 is 2.56 bits per heavy atom. The van der Waals surface area contributed by atoms with E-state index < -0.39 is 0 Å². The van der Waals surface area contributed by atoms with Gasteiger partial charge in [-0.1, -0.05) is 25.8 Å². The first-order valence-electron chi connectivity index (χ1n) is 6.96. The molecule has 0 heterocycles. The minimum atomic E-state index is 0.0804. The Balaban J connectivity index is 2.04. The molecule has 0 aliphatic heterocycles. The summed E-state index contributed by atoms with van der Waals surface area (Å²) in [6.07, 6.45) is 4.90. The Morgan fingerprint density at radius 1 is 1.17 bits per heavy atom. The lowest BCUT2D eigenvalue weighted by Gasteiger charge is -2.29. The number of carbonyl (C=O) groups is 1. The summed E-state index contributed by atoms with van der Waals surface area (Å²) in [7, 11) is 0. The minimum absolute atomic E-state index is 0.0804. The van der Waals surface area contributed by atoms with Gasteiger partial charge < -0.3 is 5.32 Å². The molecule has 2 heteroatoms. The van der Waals surface area contributed by atoms with Crippen molar-refractivity contribution in [3.63, 3.8) is 0 Å². The van der Waals surface area contributed by atoms with E-state index in [0.29, 0.717) is 12.0 Å². The van der Waals surface area contributed by atoms with Gasteiger partial charge in [0.1, 0.15) is 0 Å². The first-order chi connectivity index (χ1) is 8.58. The number of amides is 1. The Labute approximate surface area is 110 Å². The molecule has 98 valence electrons. The highest BCUT2D eigenvalue weighted by Gasteiger charge is 2.23. The second kappa shape index (κ2) is 5.55. The highest BCUT2D eigenvalue weighted by atomic mass is 16.1. The summed E-state index contributed by atoms with van der Waals surface area (Å²) in [6, 6.07) is 6.28. The molecule has 1 aliphatic carbocycles. The zero-order chi connectivity index (χ0) is 13.1. The molecule has 1 amide bonds. The monoisotopic (exact) mass is 245 g/mol. The first kappa shape index (κ1) is 13.1. The fourth-order valence-corrected chi connectivity index (χ4v) is 2.67. The molecule has 1 aliphatic rings. The van der Waals surface area contributed by atoms with Crippen LogP contribution in [0.25, 0.3) is 0 Å². The summed E-state index contributed by atoms with van der Waals surface area (Å²) in [5.41, 5.74) is 3.20. The molecule has 2 rings (SSSR count). The molecule has 0 saturated heterocycles. The Kier molecular flexibility index (Phi) is 4.05. The summed E-state index contributed by atoms with van der Waals surface area (Å²) >= 11 is 0. The average molecular weight is 245 g/mol. The van der Waals surface area contributed by atoms with Gasteiger partial charge in [-0.2, -0.15) is 0 Å². The van der Waals surface area contributed by atoms with Crippen LogP contribution in [-0.4, -0.2) is 11.9 Å². The first-order valence-corrected chi connectivity index (χ1v) is 6.96. The predicted octanol–water partition coefficient (Wildman–Crippen LogP) is 3.61. The van der Waals surface area contributed by atoms with E-state index in [4.69, 9.17) is 0 Å². The van der Waals surface area contributed by atoms with Gasteiger partial charge in [-0.15, -0.1) is 0 Å². The second-order valence-electron chi connectivity index (χ2n) is 5.64. The third-order valence-electron chi connectivity index (χ3n) is 4.20. The second-order valence-corrected chi connectivity index (χ2v) is 5.64. The standard InChI is InChI=1S/C16H23NO/c1-11-8-9-14(10-13(11)3)16(18)17-15-7-5-4-6-12(15)2/h8-10,12,15H,4-7H2,1-3H3,(H,17,18). The van der Waals surface area contributed by atoms with Crippen LogP contribution in [0.5, 0.6) is 0 Å². The zero-order valence-electron chi connectivity index (χ0n) is 11.6. The molecule has 1 N–H and O–H groups in total. The van der Waals surface area contributed by atoms with Crippen LogP contribution >= 0.6 is 0 Å². The molecule has 2 unspecified atom stereocenters. The molecule has 0 radical (unpaired) electrons. The quantitative estimate of drug-likeness (QED) is 0.847. The number of hydrogen-bond donors (Lipinski definition) is 1. The lowest BCUT2D eigenvalue weighted by atomic mass is 9.86. The molecule has 1 saturated carbocycles. The van der Waals surface area contributed by atoms with Gasteiger partial charge in [0, 0.05) is 11.6 Å². The van der Waals surface area contributed by atoms with Crippen molar-refractivity contribution in [2.24, 2.45) is 5.92 Å². The summed E-state index contributed by atoms with van der Waals surface area (Å²) in [4.78, 5) is 12.2. The van der Waals surface area contributed by atoms with Crippen LogP contribution in [0, 0.1) is 19.8 Å². The fourth-order valence-electron chi connectivity index (χ4n) is 2.67. The SMILES string of the molecule is Cc1ccc(C(=O)NC2CCCCC2C)cc1C. The number of nitrogens with one attached hydrogen (secondary N) is 1. The van der Waals surface area contributed by atoms with E-state index in [1.165, 1.54) is 30.4 Å². The highest BCUT2D eigenvalue weighted by molar-refractivity contribution is 5.94. The van der Waals surface area contributed by atoms with Crippen molar-refractivity contribution in [3.05, 3.63) is 34.9 Å². The molecule has 2 nitrogen and oxygen atoms in total. The van der Waals surface area contributed by atoms with E-state index in [1.807, 2.05) is 18.2 Å². The maximum Gasteiger partial charge on any atom is 0.251 e. The van der Waals surface area contributed by atoms with E-state index in [9.17, 15) is 4.79 Å². The normalized spacial score (nSPS) is 23.7. The van der Waals surface area contributed by atoms with Crippen LogP contribution < -0.4 is 5.32 Å². The predicted molar refractivity (Wildman–Crippen MR) is 74.8 cm³/mol. The van der Waals surface area contributed by atoms with Crippen LogP contribution in [0.4, 0.5) is 0 Å². The molecule has 1 aromatic rings. The lowest BCUT2D eigenvalue weighted by molar-refractivity contribution is 0.0910. The summed E-state index contributed by atoms with van der Waals surface area (Å²) in [6.45, 7) is 6.36. The molecule has 2 atom stereocenters. The highest BCUT2D eigenvalue weighted by Crippen LogP contribution is 2.24. The van der Waals surface area contributed by atoms with E-state index in [2.05, 4.69) is 26.1 Å². The topological polar surface area (TPSA) is 29.1 Å². The van der Waals surface area contributed by atoms with Crippen molar-refractivity contribution in [2.45, 2.75) is 52.5 Å². The summed E-state index contributed by atoms with van der Waals surface area (Å²) in [5, 5.41) is 3.19. The fraction of sp³-hybridized carbons (Fsp3) is 0.562. The largest absolute Gasteiger partial charge is 0.349 e. The number of carbonyl (C=O) groups excluding carboxylic acids is 1. The van der Waals surface area contributed by atoms with Crippen LogP contribution in [-0.2, 0) is 0 Å². The van der Waals surface area contributed by atoms with Crippen molar-refractivity contribution in [3.8, 4) is 0 Å². The van der Waals surface area contributed by atoms with E-state index in [0.717, 1.165) is 12.0 Å². The van der Waals surface area contributed by atoms with E-state index in [-0.39, 0.29) is 5.91 Å². The lowest BCUT2D eigenvalue weighted by Crippen LogP contribution is -2.41. The molecule has 0 bridgehead atoms. The number of benzene rings is 1. The van der Waals surface area contributed by atoms with Gasteiger partial charge in [0.25, 0.3) is 5.91 Å². The summed E-state index contributed by atoms with van der Waals surface area (Å²) < 4.78 is 0. The van der Waals surface area contributed by atoms with Gasteiger partial charge in [0.2, 0.25) is 0 Å². The average Bonchev–Trinajstić information content (AvgIpc) is 2.35. The number of rotatable bonds is 2. The molecule has 18 heavy (non-hydrogen) atoms. The summed E-state index contributed by atoms with van der Waals surface area (Å²) in [5.74, 6) is 0.686. The Bertz CT molecular complexity index is 439. The Hall–Kier alpha value is -1.31. The molecule has 0 aromatic heterocycles. The van der Waals surface area contributed by atoms with Gasteiger partial charge in [-0.25, -0.2) is 0 Å². The van der Waals surface area contributed by atoms with Crippen LogP contribution in [0.15, 0.2) is 18.2 Å². The van der Waals surface area contributed by atoms with Gasteiger partial charge in [-0.05, 0) is 55.9 Å².